The topological polar surface area (TPSA) is 35.5 Å². The molecule has 1 aliphatic rings. The van der Waals surface area contributed by atoms with E-state index in [1.807, 2.05) is 6.92 Å². The summed E-state index contributed by atoms with van der Waals surface area (Å²) in [5.41, 5.74) is 0. The van der Waals surface area contributed by atoms with Crippen molar-refractivity contribution in [2.75, 3.05) is 6.61 Å². The first kappa shape index (κ1) is 15.2. The lowest BCUT2D eigenvalue weighted by Gasteiger charge is -2.20. The Morgan fingerprint density at radius 3 is 2.71 bits per heavy atom. The zero-order valence-electron chi connectivity index (χ0n) is 10.9. The van der Waals surface area contributed by atoms with Crippen LogP contribution in [-0.2, 0) is 14.3 Å². The summed E-state index contributed by atoms with van der Waals surface area (Å²) < 4.78 is 11.5. The van der Waals surface area contributed by atoms with Gasteiger partial charge in [0.15, 0.2) is 0 Å². The van der Waals surface area contributed by atoms with E-state index in [1.54, 1.807) is 0 Å². The molecule has 0 N–H and O–H groups in total. The third kappa shape index (κ3) is 4.73. The average molecular weight is 354 g/mol. The van der Waals surface area contributed by atoms with E-state index in [2.05, 4.69) is 36.4 Å². The molecule has 0 saturated heterocycles. The van der Waals surface area contributed by atoms with Crippen LogP contribution in [0, 0.1) is 5.92 Å². The Balaban J connectivity index is 2.41. The molecule has 0 aromatic carbocycles. The highest BCUT2D eigenvalue weighted by Crippen LogP contribution is 2.35. The van der Waals surface area contributed by atoms with Gasteiger partial charge in [-0.1, -0.05) is 35.9 Å². The van der Waals surface area contributed by atoms with Gasteiger partial charge in [-0.3, -0.25) is 4.79 Å². The fourth-order valence-electron chi connectivity index (χ4n) is 2.31. The zero-order valence-corrected chi connectivity index (χ0v) is 13.1. The standard InChI is InChI=1S/C13H23IO3/c1-4-6-9(3)17-12-8-10(7-11(12)14)13(15)16-5-2/h9-12H,4-8H2,1-3H3. The Labute approximate surface area is 118 Å². The monoisotopic (exact) mass is 354 g/mol. The summed E-state index contributed by atoms with van der Waals surface area (Å²) in [7, 11) is 0. The Bertz CT molecular complexity index is 245. The molecule has 1 fully saturated rings. The maximum atomic E-state index is 11.7. The first-order chi connectivity index (χ1) is 8.08. The van der Waals surface area contributed by atoms with Gasteiger partial charge < -0.3 is 9.47 Å². The van der Waals surface area contributed by atoms with Gasteiger partial charge in [0.05, 0.1) is 24.7 Å². The molecule has 100 valence electrons. The molecule has 0 heterocycles. The second kappa shape index (κ2) is 7.56. The minimum atomic E-state index is -0.0524. The van der Waals surface area contributed by atoms with Crippen LogP contribution in [0.15, 0.2) is 0 Å². The molecular formula is C13H23IO3. The molecule has 0 aromatic rings. The van der Waals surface area contributed by atoms with E-state index in [9.17, 15) is 4.79 Å². The summed E-state index contributed by atoms with van der Waals surface area (Å²) in [5, 5.41) is 0. The van der Waals surface area contributed by atoms with Crippen LogP contribution in [0.1, 0.15) is 46.5 Å². The van der Waals surface area contributed by atoms with Crippen molar-refractivity contribution in [3.63, 3.8) is 0 Å². The molecule has 0 bridgehead atoms. The molecule has 0 spiro atoms. The van der Waals surface area contributed by atoms with Crippen LogP contribution in [0.5, 0.6) is 0 Å². The Morgan fingerprint density at radius 2 is 2.12 bits per heavy atom. The number of hydrogen-bond donors (Lipinski definition) is 0. The predicted molar refractivity (Wildman–Crippen MR) is 76.4 cm³/mol. The summed E-state index contributed by atoms with van der Waals surface area (Å²) in [4.78, 5) is 11.7. The van der Waals surface area contributed by atoms with Crippen LogP contribution in [0.2, 0.25) is 0 Å². The fraction of sp³-hybridized carbons (Fsp3) is 0.923. The van der Waals surface area contributed by atoms with Gasteiger partial charge in [-0.2, -0.15) is 0 Å². The summed E-state index contributed by atoms with van der Waals surface area (Å²) in [6.07, 6.45) is 4.45. The van der Waals surface area contributed by atoms with Gasteiger partial charge >= 0.3 is 5.97 Å². The Hall–Kier alpha value is 0.160. The lowest BCUT2D eigenvalue weighted by atomic mass is 10.1. The van der Waals surface area contributed by atoms with E-state index in [0.717, 1.165) is 25.7 Å². The molecule has 17 heavy (non-hydrogen) atoms. The Morgan fingerprint density at radius 1 is 1.41 bits per heavy atom. The second-order valence-corrected chi connectivity index (χ2v) is 6.31. The molecule has 1 rings (SSSR count). The van der Waals surface area contributed by atoms with Crippen LogP contribution < -0.4 is 0 Å². The van der Waals surface area contributed by atoms with Crippen molar-refractivity contribution in [3.05, 3.63) is 0 Å². The highest BCUT2D eigenvalue weighted by atomic mass is 127. The maximum Gasteiger partial charge on any atom is 0.309 e. The maximum absolute atomic E-state index is 11.7. The van der Waals surface area contributed by atoms with E-state index in [4.69, 9.17) is 9.47 Å². The van der Waals surface area contributed by atoms with Crippen molar-refractivity contribution in [1.82, 2.24) is 0 Å². The number of ether oxygens (including phenoxy) is 2. The molecule has 0 aliphatic heterocycles. The van der Waals surface area contributed by atoms with Crippen molar-refractivity contribution in [1.29, 1.82) is 0 Å². The van der Waals surface area contributed by atoms with Gasteiger partial charge in [-0.05, 0) is 33.1 Å². The smallest absolute Gasteiger partial charge is 0.309 e. The highest BCUT2D eigenvalue weighted by molar-refractivity contribution is 14.1. The van der Waals surface area contributed by atoms with Crippen LogP contribution in [0.3, 0.4) is 0 Å². The van der Waals surface area contributed by atoms with Crippen LogP contribution in [0.4, 0.5) is 0 Å². The summed E-state index contributed by atoms with van der Waals surface area (Å²) in [6, 6.07) is 0. The van der Waals surface area contributed by atoms with Gasteiger partial charge in [0, 0.05) is 3.92 Å². The van der Waals surface area contributed by atoms with Crippen molar-refractivity contribution in [3.8, 4) is 0 Å². The van der Waals surface area contributed by atoms with E-state index in [0.29, 0.717) is 16.6 Å². The van der Waals surface area contributed by atoms with Crippen LogP contribution in [-0.4, -0.2) is 28.7 Å². The molecule has 1 saturated carbocycles. The summed E-state index contributed by atoms with van der Waals surface area (Å²) in [5.74, 6) is -0.0147. The number of esters is 1. The molecule has 4 unspecified atom stereocenters. The summed E-state index contributed by atoms with van der Waals surface area (Å²) >= 11 is 2.40. The highest BCUT2D eigenvalue weighted by Gasteiger charge is 2.38. The van der Waals surface area contributed by atoms with Gasteiger partial charge in [0.1, 0.15) is 0 Å². The van der Waals surface area contributed by atoms with Gasteiger partial charge in [-0.15, -0.1) is 0 Å². The molecule has 0 amide bonds. The lowest BCUT2D eigenvalue weighted by molar-refractivity contribution is -0.148. The molecule has 1 aliphatic carbocycles. The number of rotatable bonds is 6. The second-order valence-electron chi connectivity index (χ2n) is 4.71. The normalized spacial score (nSPS) is 30.2. The van der Waals surface area contributed by atoms with Gasteiger partial charge in [-0.25, -0.2) is 0 Å². The number of carbonyl (C=O) groups is 1. The molecule has 4 heteroatoms. The van der Waals surface area contributed by atoms with Crippen LogP contribution in [0.25, 0.3) is 0 Å². The van der Waals surface area contributed by atoms with Crippen molar-refractivity contribution < 1.29 is 14.3 Å². The van der Waals surface area contributed by atoms with E-state index < -0.39 is 0 Å². The minimum absolute atomic E-state index is 0.0377. The minimum Gasteiger partial charge on any atom is -0.466 e. The largest absolute Gasteiger partial charge is 0.466 e. The van der Waals surface area contributed by atoms with Crippen molar-refractivity contribution >= 4 is 28.6 Å². The number of halogens is 1. The number of carbonyl (C=O) groups excluding carboxylic acids is 1. The molecule has 0 aromatic heterocycles. The average Bonchev–Trinajstić information content (AvgIpc) is 2.61. The number of alkyl halides is 1. The van der Waals surface area contributed by atoms with E-state index in [-0.39, 0.29) is 18.0 Å². The third-order valence-corrected chi connectivity index (χ3v) is 4.46. The summed E-state index contributed by atoms with van der Waals surface area (Å²) in [6.45, 7) is 6.60. The third-order valence-electron chi connectivity index (χ3n) is 3.15. The van der Waals surface area contributed by atoms with E-state index >= 15 is 0 Å². The van der Waals surface area contributed by atoms with E-state index in [1.165, 1.54) is 0 Å². The lowest BCUT2D eigenvalue weighted by Crippen LogP contribution is -2.23. The SMILES string of the molecule is CCCC(C)OC1CC(C(=O)OCC)CC1I. The molecule has 4 atom stereocenters. The van der Waals surface area contributed by atoms with Crippen LogP contribution >= 0.6 is 22.6 Å². The molecule has 0 radical (unpaired) electrons. The first-order valence-corrected chi connectivity index (χ1v) is 7.79. The number of hydrogen-bond acceptors (Lipinski definition) is 3. The first-order valence-electron chi connectivity index (χ1n) is 6.54. The fourth-order valence-corrected chi connectivity index (χ4v) is 3.39. The Kier molecular flexibility index (Phi) is 6.77. The molecule has 3 nitrogen and oxygen atoms in total. The quantitative estimate of drug-likeness (QED) is 0.417. The van der Waals surface area contributed by atoms with Crippen molar-refractivity contribution in [2.45, 2.75) is 62.6 Å². The van der Waals surface area contributed by atoms with Gasteiger partial charge in [0.25, 0.3) is 0 Å². The van der Waals surface area contributed by atoms with Gasteiger partial charge in [0.2, 0.25) is 0 Å². The zero-order chi connectivity index (χ0) is 12.8. The predicted octanol–water partition coefficient (Wildman–Crippen LogP) is 3.34. The van der Waals surface area contributed by atoms with Crippen molar-refractivity contribution in [2.24, 2.45) is 5.92 Å². The molecular weight excluding hydrogens is 331 g/mol.